The molecule has 0 amide bonds. The van der Waals surface area contributed by atoms with Crippen molar-refractivity contribution in [1.29, 1.82) is 0 Å². The Bertz CT molecular complexity index is 765. The zero-order valence-corrected chi connectivity index (χ0v) is 12.8. The van der Waals surface area contributed by atoms with E-state index in [1.54, 1.807) is 0 Å². The Kier molecular flexibility index (Phi) is 4.43. The Hall–Kier alpha value is -1.73. The molecule has 1 N–H and O–H groups in total. The number of rotatable bonds is 5. The first-order valence-electron chi connectivity index (χ1n) is 6.10. The van der Waals surface area contributed by atoms with Crippen LogP contribution < -0.4 is 0 Å². The van der Waals surface area contributed by atoms with E-state index in [9.17, 15) is 17.6 Å². The smallest absolute Gasteiger partial charge is 0.338 e. The SMILES string of the molecule is Cc1cc(S(=O)(=O)CCc2cccs2)cc(C(=O)O)c1F. The Balaban J connectivity index is 2.33. The number of benzene rings is 1. The van der Waals surface area contributed by atoms with Gasteiger partial charge in [0.1, 0.15) is 5.82 Å². The molecule has 0 aliphatic heterocycles. The van der Waals surface area contributed by atoms with Crippen LogP contribution in [-0.4, -0.2) is 25.2 Å². The Morgan fingerprint density at radius 1 is 1.38 bits per heavy atom. The van der Waals surface area contributed by atoms with Crippen LogP contribution in [0.1, 0.15) is 20.8 Å². The largest absolute Gasteiger partial charge is 0.478 e. The number of hydrogen-bond donors (Lipinski definition) is 1. The third-order valence-corrected chi connectivity index (χ3v) is 5.65. The van der Waals surface area contributed by atoms with E-state index in [1.165, 1.54) is 24.3 Å². The lowest BCUT2D eigenvalue weighted by Gasteiger charge is -2.08. The second-order valence-electron chi connectivity index (χ2n) is 4.56. The molecule has 2 aromatic rings. The molecule has 112 valence electrons. The zero-order chi connectivity index (χ0) is 15.6. The van der Waals surface area contributed by atoms with Gasteiger partial charge in [0.05, 0.1) is 16.2 Å². The summed E-state index contributed by atoms with van der Waals surface area (Å²) < 4.78 is 38.2. The quantitative estimate of drug-likeness (QED) is 0.857. The summed E-state index contributed by atoms with van der Waals surface area (Å²) >= 11 is 1.45. The molecular weight excluding hydrogens is 315 g/mol. The van der Waals surface area contributed by atoms with Crippen LogP contribution in [0.4, 0.5) is 4.39 Å². The molecule has 4 nitrogen and oxygen atoms in total. The van der Waals surface area contributed by atoms with Gasteiger partial charge in [0, 0.05) is 4.88 Å². The fourth-order valence-electron chi connectivity index (χ4n) is 1.88. The summed E-state index contributed by atoms with van der Waals surface area (Å²) in [5.74, 6) is -2.52. The molecule has 1 heterocycles. The summed E-state index contributed by atoms with van der Waals surface area (Å²) in [6.07, 6.45) is 0.346. The predicted molar refractivity (Wildman–Crippen MR) is 78.2 cm³/mol. The molecule has 0 bridgehead atoms. The predicted octanol–water partition coefficient (Wildman–Crippen LogP) is 2.91. The molecule has 0 atom stereocenters. The standard InChI is InChI=1S/C14H13FO4S2/c1-9-7-11(8-12(13(9)15)14(16)17)21(18,19)6-4-10-3-2-5-20-10/h2-3,5,7-8H,4,6H2,1H3,(H,16,17). The van der Waals surface area contributed by atoms with Crippen molar-refractivity contribution in [2.24, 2.45) is 0 Å². The number of aromatic carboxylic acids is 1. The van der Waals surface area contributed by atoms with Gasteiger partial charge in [-0.05, 0) is 42.5 Å². The van der Waals surface area contributed by atoms with Crippen LogP contribution in [0, 0.1) is 12.7 Å². The van der Waals surface area contributed by atoms with Gasteiger partial charge in [-0.1, -0.05) is 6.07 Å². The van der Waals surface area contributed by atoms with Crippen molar-refractivity contribution < 1.29 is 22.7 Å². The molecule has 21 heavy (non-hydrogen) atoms. The van der Waals surface area contributed by atoms with Crippen LogP contribution in [0.15, 0.2) is 34.5 Å². The summed E-state index contributed by atoms with van der Waals surface area (Å²) in [7, 11) is -3.65. The third-order valence-electron chi connectivity index (χ3n) is 3.01. The summed E-state index contributed by atoms with van der Waals surface area (Å²) in [6, 6.07) is 5.72. The van der Waals surface area contributed by atoms with Gasteiger partial charge >= 0.3 is 5.97 Å². The van der Waals surface area contributed by atoms with Crippen molar-refractivity contribution in [3.8, 4) is 0 Å². The minimum absolute atomic E-state index is 0.00426. The maximum Gasteiger partial charge on any atom is 0.338 e. The maximum absolute atomic E-state index is 13.7. The molecule has 2 rings (SSSR count). The van der Waals surface area contributed by atoms with Crippen LogP contribution in [0.25, 0.3) is 0 Å². The van der Waals surface area contributed by atoms with Crippen molar-refractivity contribution in [2.45, 2.75) is 18.2 Å². The first kappa shape index (κ1) is 15.7. The van der Waals surface area contributed by atoms with Gasteiger partial charge in [-0.25, -0.2) is 17.6 Å². The highest BCUT2D eigenvalue weighted by Gasteiger charge is 2.21. The molecular formula is C14H13FO4S2. The molecule has 0 aliphatic rings. The number of sulfone groups is 1. The van der Waals surface area contributed by atoms with Gasteiger partial charge < -0.3 is 5.11 Å². The lowest BCUT2D eigenvalue weighted by Crippen LogP contribution is -2.12. The topological polar surface area (TPSA) is 71.4 Å². The van der Waals surface area contributed by atoms with Crippen LogP contribution in [0.3, 0.4) is 0 Å². The van der Waals surface area contributed by atoms with E-state index in [2.05, 4.69) is 0 Å². The number of hydrogen-bond acceptors (Lipinski definition) is 4. The molecule has 0 unspecified atom stereocenters. The summed E-state index contributed by atoms with van der Waals surface area (Å²) in [4.78, 5) is 11.7. The summed E-state index contributed by atoms with van der Waals surface area (Å²) in [5, 5.41) is 10.8. The molecule has 1 aromatic carbocycles. The van der Waals surface area contributed by atoms with Crippen molar-refractivity contribution in [1.82, 2.24) is 0 Å². The minimum Gasteiger partial charge on any atom is -0.478 e. The Morgan fingerprint density at radius 2 is 2.10 bits per heavy atom. The first-order valence-corrected chi connectivity index (χ1v) is 8.63. The second-order valence-corrected chi connectivity index (χ2v) is 7.70. The van der Waals surface area contributed by atoms with Gasteiger partial charge in [-0.15, -0.1) is 11.3 Å². The fourth-order valence-corrected chi connectivity index (χ4v) is 4.10. The van der Waals surface area contributed by atoms with Crippen LogP contribution in [-0.2, 0) is 16.3 Å². The van der Waals surface area contributed by atoms with Crippen LogP contribution in [0.2, 0.25) is 0 Å². The molecule has 0 saturated heterocycles. The van der Waals surface area contributed by atoms with Crippen LogP contribution >= 0.6 is 11.3 Å². The van der Waals surface area contributed by atoms with Gasteiger partial charge in [0.15, 0.2) is 9.84 Å². The zero-order valence-electron chi connectivity index (χ0n) is 11.2. The van der Waals surface area contributed by atoms with Crippen molar-refractivity contribution >= 4 is 27.1 Å². The van der Waals surface area contributed by atoms with Crippen molar-refractivity contribution in [3.05, 3.63) is 51.5 Å². The van der Waals surface area contributed by atoms with Crippen molar-refractivity contribution in [3.63, 3.8) is 0 Å². The second kappa shape index (κ2) is 5.95. The maximum atomic E-state index is 13.7. The first-order chi connectivity index (χ1) is 9.81. The summed E-state index contributed by atoms with van der Waals surface area (Å²) in [6.45, 7) is 1.35. The normalized spacial score (nSPS) is 11.5. The minimum atomic E-state index is -3.65. The molecule has 1 aromatic heterocycles. The average Bonchev–Trinajstić information content (AvgIpc) is 2.92. The number of aryl methyl sites for hydroxylation is 2. The van der Waals surface area contributed by atoms with E-state index in [-0.39, 0.29) is 16.2 Å². The van der Waals surface area contributed by atoms with Gasteiger partial charge in [-0.3, -0.25) is 0 Å². The molecule has 7 heteroatoms. The number of carbonyl (C=O) groups is 1. The number of halogens is 1. The monoisotopic (exact) mass is 328 g/mol. The highest BCUT2D eigenvalue weighted by molar-refractivity contribution is 7.91. The number of carboxylic acids is 1. The molecule has 0 saturated carbocycles. The molecule has 0 spiro atoms. The van der Waals surface area contributed by atoms with E-state index in [0.29, 0.717) is 6.42 Å². The van der Waals surface area contributed by atoms with E-state index >= 15 is 0 Å². The molecule has 0 radical (unpaired) electrons. The highest BCUT2D eigenvalue weighted by atomic mass is 32.2. The van der Waals surface area contributed by atoms with Gasteiger partial charge in [-0.2, -0.15) is 0 Å². The number of thiophene rings is 1. The van der Waals surface area contributed by atoms with Crippen molar-refractivity contribution in [2.75, 3.05) is 5.75 Å². The average molecular weight is 328 g/mol. The molecule has 0 aliphatic carbocycles. The molecule has 0 fully saturated rings. The van der Waals surface area contributed by atoms with Gasteiger partial charge in [0.25, 0.3) is 0 Å². The summed E-state index contributed by atoms with van der Waals surface area (Å²) in [5.41, 5.74) is -0.616. The number of carboxylic acid groups (broad SMARTS) is 1. The Labute approximate surface area is 125 Å². The van der Waals surface area contributed by atoms with Gasteiger partial charge in [0.2, 0.25) is 0 Å². The third kappa shape index (κ3) is 3.48. The lowest BCUT2D eigenvalue weighted by molar-refractivity contribution is 0.0691. The Morgan fingerprint density at radius 3 is 2.67 bits per heavy atom. The lowest BCUT2D eigenvalue weighted by atomic mass is 10.1. The van der Waals surface area contributed by atoms with E-state index in [4.69, 9.17) is 5.11 Å². The van der Waals surface area contributed by atoms with E-state index in [1.807, 2.05) is 17.5 Å². The fraction of sp³-hybridized carbons (Fsp3) is 0.214. The van der Waals surface area contributed by atoms with E-state index < -0.39 is 27.2 Å². The van der Waals surface area contributed by atoms with Crippen LogP contribution in [0.5, 0.6) is 0 Å². The van der Waals surface area contributed by atoms with E-state index in [0.717, 1.165) is 10.9 Å². The highest BCUT2D eigenvalue weighted by Crippen LogP contribution is 2.21.